The van der Waals surface area contributed by atoms with Gasteiger partial charge in [0, 0.05) is 0 Å². The zero-order chi connectivity index (χ0) is 22.6. The molecule has 4 nitrogen and oxygen atoms in total. The van der Waals surface area contributed by atoms with E-state index in [4.69, 9.17) is 14.2 Å². The Hall–Kier alpha value is -2.76. The third-order valence-corrected chi connectivity index (χ3v) is 5.79. The maximum absolute atomic E-state index is 11.1. The van der Waals surface area contributed by atoms with Gasteiger partial charge in [-0.3, -0.25) is 0 Å². The number of hydrogen-bond acceptors (Lipinski definition) is 4. The van der Waals surface area contributed by atoms with E-state index in [0.29, 0.717) is 0 Å². The van der Waals surface area contributed by atoms with Crippen molar-refractivity contribution in [1.29, 1.82) is 0 Å². The fourth-order valence-corrected chi connectivity index (χ4v) is 4.37. The molecule has 4 heteroatoms. The zero-order valence-electron chi connectivity index (χ0n) is 18.6. The number of hydrogen-bond donors (Lipinski definition) is 1. The van der Waals surface area contributed by atoms with E-state index in [9.17, 15) is 5.11 Å². The van der Waals surface area contributed by atoms with Gasteiger partial charge in [0.15, 0.2) is 5.79 Å². The predicted molar refractivity (Wildman–Crippen MR) is 125 cm³/mol. The Labute approximate surface area is 190 Å². The summed E-state index contributed by atoms with van der Waals surface area (Å²) in [6.45, 7) is 7.55. The lowest BCUT2D eigenvalue weighted by atomic mass is 9.80. The molecule has 0 aliphatic carbocycles. The molecule has 166 valence electrons. The van der Waals surface area contributed by atoms with E-state index in [0.717, 1.165) is 16.7 Å². The number of aliphatic hydroxyl groups is 1. The van der Waals surface area contributed by atoms with E-state index in [2.05, 4.69) is 43.0 Å². The molecule has 1 heterocycles. The maximum Gasteiger partial charge on any atom is 0.164 e. The first-order valence-electron chi connectivity index (χ1n) is 10.9. The molecule has 1 fully saturated rings. The molecule has 1 N–H and O–H groups in total. The van der Waals surface area contributed by atoms with Gasteiger partial charge in [-0.25, -0.2) is 0 Å². The van der Waals surface area contributed by atoms with Crippen LogP contribution < -0.4 is 0 Å². The first kappa shape index (κ1) is 22.4. The number of ether oxygens (including phenoxy) is 3. The van der Waals surface area contributed by atoms with E-state index in [1.165, 1.54) is 0 Å². The topological polar surface area (TPSA) is 47.9 Å². The summed E-state index contributed by atoms with van der Waals surface area (Å²) in [4.78, 5) is 0. The first-order chi connectivity index (χ1) is 15.5. The highest BCUT2D eigenvalue weighted by atomic mass is 16.8. The van der Waals surface area contributed by atoms with Crippen molar-refractivity contribution in [3.05, 3.63) is 120 Å². The van der Waals surface area contributed by atoms with Crippen LogP contribution in [0.3, 0.4) is 0 Å². The van der Waals surface area contributed by atoms with Crippen molar-refractivity contribution in [2.45, 2.75) is 43.5 Å². The van der Waals surface area contributed by atoms with Gasteiger partial charge in [-0.05, 0) is 30.5 Å². The van der Waals surface area contributed by atoms with Gasteiger partial charge in [0.1, 0.15) is 23.9 Å². The largest absolute Gasteiger partial charge is 0.388 e. The van der Waals surface area contributed by atoms with Crippen molar-refractivity contribution in [2.75, 3.05) is 6.61 Å². The Balaban J connectivity index is 1.74. The predicted octanol–water partition coefficient (Wildman–Crippen LogP) is 5.06. The molecule has 1 aliphatic rings. The van der Waals surface area contributed by atoms with Gasteiger partial charge in [-0.1, -0.05) is 97.1 Å². The van der Waals surface area contributed by atoms with Gasteiger partial charge in [-0.15, -0.1) is 6.58 Å². The first-order valence-corrected chi connectivity index (χ1v) is 10.9. The molecular weight excluding hydrogens is 400 g/mol. The summed E-state index contributed by atoms with van der Waals surface area (Å²) < 4.78 is 18.5. The summed E-state index contributed by atoms with van der Waals surface area (Å²) in [5.41, 5.74) is 2.04. The van der Waals surface area contributed by atoms with Crippen molar-refractivity contribution >= 4 is 0 Å². The number of rotatable bonds is 8. The fourth-order valence-electron chi connectivity index (χ4n) is 4.37. The van der Waals surface area contributed by atoms with E-state index in [1.807, 2.05) is 68.4 Å². The third kappa shape index (κ3) is 4.41. The molecule has 0 saturated carbocycles. The monoisotopic (exact) mass is 430 g/mol. The molecule has 3 aromatic rings. The van der Waals surface area contributed by atoms with E-state index in [1.54, 1.807) is 6.08 Å². The van der Waals surface area contributed by atoms with Gasteiger partial charge in [0.05, 0.1) is 6.61 Å². The van der Waals surface area contributed by atoms with Crippen LogP contribution in [0.4, 0.5) is 0 Å². The Morgan fingerprint density at radius 1 is 0.875 bits per heavy atom. The van der Waals surface area contributed by atoms with Crippen LogP contribution in [0.15, 0.2) is 104 Å². The quantitative estimate of drug-likeness (QED) is 0.401. The molecular formula is C28H30O4. The summed E-state index contributed by atoms with van der Waals surface area (Å²) in [5.74, 6) is -0.792. The molecule has 4 rings (SSSR count). The van der Waals surface area contributed by atoms with Crippen LogP contribution in [0, 0.1) is 0 Å². The van der Waals surface area contributed by atoms with Gasteiger partial charge in [0.25, 0.3) is 0 Å². The second-order valence-electron chi connectivity index (χ2n) is 8.46. The zero-order valence-corrected chi connectivity index (χ0v) is 18.6. The minimum atomic E-state index is -0.907. The Bertz CT molecular complexity index is 905. The van der Waals surface area contributed by atoms with Crippen LogP contribution in [-0.4, -0.2) is 35.8 Å². The average molecular weight is 431 g/mol. The summed E-state index contributed by atoms with van der Waals surface area (Å²) in [6, 6.07) is 30.3. The van der Waals surface area contributed by atoms with E-state index < -0.39 is 29.7 Å². The summed E-state index contributed by atoms with van der Waals surface area (Å²) >= 11 is 0. The molecule has 0 radical (unpaired) electrons. The van der Waals surface area contributed by atoms with Crippen LogP contribution in [0.2, 0.25) is 0 Å². The second-order valence-corrected chi connectivity index (χ2v) is 8.46. The summed E-state index contributed by atoms with van der Waals surface area (Å²) in [6.07, 6.45) is -0.220. The van der Waals surface area contributed by atoms with Crippen molar-refractivity contribution in [1.82, 2.24) is 0 Å². The lowest BCUT2D eigenvalue weighted by molar-refractivity contribution is -0.160. The smallest absolute Gasteiger partial charge is 0.164 e. The fraction of sp³-hybridized carbons (Fsp3) is 0.286. The van der Waals surface area contributed by atoms with Crippen LogP contribution in [0.1, 0.15) is 30.5 Å². The third-order valence-electron chi connectivity index (χ3n) is 5.79. The molecule has 0 spiro atoms. The molecule has 1 aliphatic heterocycles. The number of benzene rings is 3. The molecule has 1 unspecified atom stereocenters. The molecule has 3 aromatic carbocycles. The highest BCUT2D eigenvalue weighted by molar-refractivity contribution is 5.47. The van der Waals surface area contributed by atoms with Crippen LogP contribution in [0.25, 0.3) is 0 Å². The molecule has 0 aromatic heterocycles. The molecule has 3 atom stereocenters. The minimum Gasteiger partial charge on any atom is -0.388 e. The van der Waals surface area contributed by atoms with Gasteiger partial charge < -0.3 is 19.3 Å². The Kier molecular flexibility index (Phi) is 6.58. The lowest BCUT2D eigenvalue weighted by Gasteiger charge is -2.37. The van der Waals surface area contributed by atoms with Crippen molar-refractivity contribution in [3.8, 4) is 0 Å². The van der Waals surface area contributed by atoms with Gasteiger partial charge >= 0.3 is 0 Å². The highest BCUT2D eigenvalue weighted by Crippen LogP contribution is 2.41. The SMILES string of the molecule is C=C[C@@H]1OC(C)(C)OC1[C@@H](O)COC(c1ccccc1)(c1ccccc1)c1ccccc1. The normalized spacial score (nSPS) is 21.2. The maximum atomic E-state index is 11.1. The lowest BCUT2D eigenvalue weighted by Crippen LogP contribution is -2.42. The minimum absolute atomic E-state index is 0.0487. The van der Waals surface area contributed by atoms with Crippen LogP contribution in [-0.2, 0) is 19.8 Å². The van der Waals surface area contributed by atoms with Crippen LogP contribution in [0.5, 0.6) is 0 Å². The Morgan fingerprint density at radius 3 is 1.72 bits per heavy atom. The highest BCUT2D eigenvalue weighted by Gasteiger charge is 2.45. The summed E-state index contributed by atoms with van der Waals surface area (Å²) in [5, 5.41) is 11.1. The Morgan fingerprint density at radius 2 is 1.31 bits per heavy atom. The van der Waals surface area contributed by atoms with E-state index in [-0.39, 0.29) is 6.61 Å². The average Bonchev–Trinajstić information content (AvgIpc) is 3.16. The summed E-state index contributed by atoms with van der Waals surface area (Å²) in [7, 11) is 0. The van der Waals surface area contributed by atoms with Gasteiger partial charge in [-0.2, -0.15) is 0 Å². The van der Waals surface area contributed by atoms with Gasteiger partial charge in [0.2, 0.25) is 0 Å². The molecule has 0 amide bonds. The van der Waals surface area contributed by atoms with E-state index >= 15 is 0 Å². The molecule has 32 heavy (non-hydrogen) atoms. The number of aliphatic hydroxyl groups excluding tert-OH is 1. The standard InChI is InChI=1S/C28H30O4/c1-4-25-26(32-27(2,3)31-25)24(29)20-30-28(21-14-8-5-9-15-21,22-16-10-6-11-17-22)23-18-12-7-13-19-23/h4-19,24-26,29H,1,20H2,2-3H3/t24-,25-,26?/m0/s1. The second kappa shape index (κ2) is 9.39. The molecule has 0 bridgehead atoms. The molecule has 1 saturated heterocycles. The van der Waals surface area contributed by atoms with Crippen molar-refractivity contribution in [2.24, 2.45) is 0 Å². The van der Waals surface area contributed by atoms with Crippen molar-refractivity contribution in [3.63, 3.8) is 0 Å². The van der Waals surface area contributed by atoms with Crippen molar-refractivity contribution < 1.29 is 19.3 Å². The van der Waals surface area contributed by atoms with Crippen LogP contribution >= 0.6 is 0 Å².